The lowest BCUT2D eigenvalue weighted by Crippen LogP contribution is -2.41. The molecular formula is C19H21N5O2S. The summed E-state index contributed by atoms with van der Waals surface area (Å²) in [5, 5.41) is 28.4. The zero-order valence-corrected chi connectivity index (χ0v) is 16.5. The molecule has 0 saturated carbocycles. The summed E-state index contributed by atoms with van der Waals surface area (Å²) in [5.41, 5.74) is 1.17. The number of aliphatic imine (C=N–C) groups is 1. The van der Waals surface area contributed by atoms with E-state index in [0.29, 0.717) is 17.9 Å². The summed E-state index contributed by atoms with van der Waals surface area (Å²) in [6, 6.07) is 7.27. The van der Waals surface area contributed by atoms with E-state index in [-0.39, 0.29) is 27.8 Å². The highest BCUT2D eigenvalue weighted by molar-refractivity contribution is 8.13. The maximum absolute atomic E-state index is 11.6. The predicted octanol–water partition coefficient (Wildman–Crippen LogP) is 3.86. The third-order valence-corrected chi connectivity index (χ3v) is 5.23. The molecule has 1 unspecified atom stereocenters. The molecule has 0 bridgehead atoms. The van der Waals surface area contributed by atoms with Crippen LogP contribution in [0.1, 0.15) is 39.0 Å². The van der Waals surface area contributed by atoms with Crippen LogP contribution in [0.4, 0.5) is 4.79 Å². The summed E-state index contributed by atoms with van der Waals surface area (Å²) in [6.07, 6.45) is 0.458. The summed E-state index contributed by atoms with van der Waals surface area (Å²) >= 11 is 1.30. The molecule has 0 spiro atoms. The number of aromatic nitrogens is 1. The van der Waals surface area contributed by atoms with E-state index in [0.717, 1.165) is 10.6 Å². The minimum Gasteiger partial charge on any atom is -0.465 e. The van der Waals surface area contributed by atoms with Gasteiger partial charge >= 0.3 is 6.09 Å². The summed E-state index contributed by atoms with van der Waals surface area (Å²) in [4.78, 5) is 21.5. The second-order valence-electron chi connectivity index (χ2n) is 7.33. The van der Waals surface area contributed by atoms with Gasteiger partial charge in [0.25, 0.3) is 0 Å². The summed E-state index contributed by atoms with van der Waals surface area (Å²) in [6.45, 7) is 8.39. The van der Waals surface area contributed by atoms with E-state index >= 15 is 0 Å². The van der Waals surface area contributed by atoms with Crippen molar-refractivity contribution >= 4 is 28.7 Å². The zero-order valence-electron chi connectivity index (χ0n) is 15.7. The fourth-order valence-corrected chi connectivity index (χ4v) is 3.46. The Bertz CT molecular complexity index is 853. The number of carbonyl (C=O) groups is 1. The fraction of sp³-hybridized carbons (Fsp3) is 0.421. The van der Waals surface area contributed by atoms with E-state index in [9.17, 15) is 20.4 Å². The van der Waals surface area contributed by atoms with Gasteiger partial charge in [0.05, 0.1) is 0 Å². The molecule has 2 heterocycles. The quantitative estimate of drug-likeness (QED) is 0.776. The van der Waals surface area contributed by atoms with Crippen molar-refractivity contribution in [2.75, 3.05) is 12.3 Å². The van der Waals surface area contributed by atoms with Crippen LogP contribution in [0.15, 0.2) is 28.9 Å². The number of carboxylic acid groups (broad SMARTS) is 1. The molecule has 1 N–H and O–H groups in total. The molecular weight excluding hydrogens is 362 g/mol. The molecule has 1 aromatic heterocycles. The largest absolute Gasteiger partial charge is 0.465 e. The molecule has 140 valence electrons. The number of amidine groups is 1. The molecule has 27 heavy (non-hydrogen) atoms. The van der Waals surface area contributed by atoms with Crippen LogP contribution in [0.2, 0.25) is 0 Å². The zero-order chi connectivity index (χ0) is 20.2. The van der Waals surface area contributed by atoms with Gasteiger partial charge in [-0.1, -0.05) is 39.5 Å². The van der Waals surface area contributed by atoms with Crippen molar-refractivity contribution in [3.8, 4) is 12.1 Å². The molecule has 1 fully saturated rings. The first-order valence-electron chi connectivity index (χ1n) is 8.40. The molecule has 8 heteroatoms. The Hall–Kier alpha value is -2.84. The number of hydrogen-bond donors (Lipinski definition) is 1. The standard InChI is InChI=1S/C19H21N5O2S/c1-12-10-24(18(25)26)17(27-11-12)23-16(14(7-20)8-21)13-5-6-15(22-9-13)19(2,3)4/h5-6,9,12H,10-11H2,1-4H3,(H,25,26)/b23-17-. The SMILES string of the molecule is CC1CS/C(=N\C(=C(C#N)C#N)c2ccc(C(C)(C)C)nc2)N(C(=O)O)C1. The Morgan fingerprint density at radius 1 is 1.37 bits per heavy atom. The van der Waals surface area contributed by atoms with E-state index in [1.807, 2.05) is 45.9 Å². The average Bonchev–Trinajstić information content (AvgIpc) is 2.62. The van der Waals surface area contributed by atoms with Gasteiger partial charge in [0.1, 0.15) is 17.8 Å². The third kappa shape index (κ3) is 4.87. The lowest BCUT2D eigenvalue weighted by molar-refractivity contribution is 0.166. The molecule has 1 aromatic rings. The predicted molar refractivity (Wildman–Crippen MR) is 105 cm³/mol. The highest BCUT2D eigenvalue weighted by Gasteiger charge is 2.28. The second-order valence-corrected chi connectivity index (χ2v) is 8.32. The first kappa shape index (κ1) is 20.5. The van der Waals surface area contributed by atoms with Crippen LogP contribution in [0.3, 0.4) is 0 Å². The Morgan fingerprint density at radius 2 is 2.04 bits per heavy atom. The Kier molecular flexibility index (Phi) is 6.24. The third-order valence-electron chi connectivity index (χ3n) is 3.93. The van der Waals surface area contributed by atoms with E-state index in [4.69, 9.17) is 0 Å². The van der Waals surface area contributed by atoms with Crippen molar-refractivity contribution in [3.05, 3.63) is 35.2 Å². The molecule has 1 saturated heterocycles. The van der Waals surface area contributed by atoms with Crippen LogP contribution in [-0.2, 0) is 5.41 Å². The van der Waals surface area contributed by atoms with Gasteiger partial charge in [-0.2, -0.15) is 10.5 Å². The molecule has 0 aromatic carbocycles. The fourth-order valence-electron chi connectivity index (χ4n) is 2.46. The molecule has 0 aliphatic carbocycles. The van der Waals surface area contributed by atoms with Crippen LogP contribution < -0.4 is 0 Å². The molecule has 0 radical (unpaired) electrons. The molecule has 7 nitrogen and oxygen atoms in total. The maximum Gasteiger partial charge on any atom is 0.413 e. The molecule has 1 atom stereocenters. The molecule has 1 aliphatic heterocycles. The van der Waals surface area contributed by atoms with Gasteiger partial charge in [-0.15, -0.1) is 0 Å². The molecule has 1 amide bonds. The van der Waals surface area contributed by atoms with Crippen molar-refractivity contribution in [3.63, 3.8) is 0 Å². The van der Waals surface area contributed by atoms with E-state index in [2.05, 4.69) is 9.98 Å². The number of hydrogen-bond acceptors (Lipinski definition) is 6. The average molecular weight is 383 g/mol. The smallest absolute Gasteiger partial charge is 0.413 e. The Balaban J connectivity index is 2.55. The van der Waals surface area contributed by atoms with E-state index in [1.54, 1.807) is 12.3 Å². The van der Waals surface area contributed by atoms with Crippen molar-refractivity contribution in [2.45, 2.75) is 33.1 Å². The van der Waals surface area contributed by atoms with Crippen LogP contribution in [-0.4, -0.2) is 38.5 Å². The number of allylic oxidation sites excluding steroid dienone is 1. The monoisotopic (exact) mass is 383 g/mol. The van der Waals surface area contributed by atoms with Crippen molar-refractivity contribution < 1.29 is 9.90 Å². The van der Waals surface area contributed by atoms with Gasteiger partial charge in [0, 0.05) is 35.2 Å². The highest BCUT2D eigenvalue weighted by Crippen LogP contribution is 2.28. The topological polar surface area (TPSA) is 113 Å². The van der Waals surface area contributed by atoms with Crippen LogP contribution in [0, 0.1) is 28.6 Å². The van der Waals surface area contributed by atoms with Gasteiger partial charge in [-0.25, -0.2) is 9.79 Å². The normalized spacial score (nSPS) is 18.5. The van der Waals surface area contributed by atoms with Gasteiger partial charge in [0.2, 0.25) is 0 Å². The number of pyridine rings is 1. The minimum atomic E-state index is -1.11. The van der Waals surface area contributed by atoms with Crippen LogP contribution in [0.25, 0.3) is 5.70 Å². The van der Waals surface area contributed by atoms with Gasteiger partial charge in [-0.05, 0) is 18.1 Å². The van der Waals surface area contributed by atoms with Crippen molar-refractivity contribution in [2.24, 2.45) is 10.9 Å². The molecule has 1 aliphatic rings. The number of nitrogens with zero attached hydrogens (tertiary/aromatic N) is 5. The van der Waals surface area contributed by atoms with E-state index < -0.39 is 6.09 Å². The molecule has 2 rings (SSSR count). The van der Waals surface area contributed by atoms with Crippen LogP contribution >= 0.6 is 11.8 Å². The van der Waals surface area contributed by atoms with E-state index in [1.165, 1.54) is 11.8 Å². The summed E-state index contributed by atoms with van der Waals surface area (Å²) in [5.74, 6) is 0.905. The van der Waals surface area contributed by atoms with Crippen molar-refractivity contribution in [1.82, 2.24) is 9.88 Å². The van der Waals surface area contributed by atoms with Gasteiger partial charge in [-0.3, -0.25) is 9.88 Å². The minimum absolute atomic E-state index is 0.135. The summed E-state index contributed by atoms with van der Waals surface area (Å²) in [7, 11) is 0. The number of thioether (sulfide) groups is 1. The maximum atomic E-state index is 11.6. The van der Waals surface area contributed by atoms with Crippen LogP contribution in [0.5, 0.6) is 0 Å². The Morgan fingerprint density at radius 3 is 2.52 bits per heavy atom. The van der Waals surface area contributed by atoms with Crippen molar-refractivity contribution in [1.29, 1.82) is 10.5 Å². The van der Waals surface area contributed by atoms with Gasteiger partial charge < -0.3 is 5.11 Å². The lowest BCUT2D eigenvalue weighted by Gasteiger charge is -2.29. The second kappa shape index (κ2) is 8.24. The first-order chi connectivity index (χ1) is 12.7. The summed E-state index contributed by atoms with van der Waals surface area (Å²) < 4.78 is 0. The first-order valence-corrected chi connectivity index (χ1v) is 9.39. The number of rotatable bonds is 2. The Labute approximate surface area is 163 Å². The highest BCUT2D eigenvalue weighted by atomic mass is 32.2. The number of amides is 1. The van der Waals surface area contributed by atoms with Gasteiger partial charge in [0.15, 0.2) is 10.7 Å². The lowest BCUT2D eigenvalue weighted by atomic mass is 9.91. The number of nitriles is 2.